The number of hydrogen-bond donors (Lipinski definition) is 2. The van der Waals surface area contributed by atoms with Gasteiger partial charge >= 0.3 is 0 Å². The molecule has 9 heteroatoms. The van der Waals surface area contributed by atoms with E-state index in [0.29, 0.717) is 34.8 Å². The Kier molecular flexibility index (Phi) is 5.09. The number of carbonyl (C=O) groups excluding carboxylic acids is 1. The lowest BCUT2D eigenvalue weighted by Gasteiger charge is -2.22. The molecule has 0 saturated carbocycles. The van der Waals surface area contributed by atoms with Crippen LogP contribution in [0.25, 0.3) is 0 Å². The van der Waals surface area contributed by atoms with Crippen LogP contribution in [0.1, 0.15) is 39.2 Å². The van der Waals surface area contributed by atoms with E-state index in [4.69, 9.17) is 10.5 Å². The standard InChI is InChI=1S/C21H19FN6O2/c1-11-24-10-15-19(26-11)8-18(28-20(15)23)14-7-12(3-5-16(14)22)27-21(29)17-6-4-13(30-2)9-25-17/h3-7,9-10,18H,8H2,1-2H3,(H2,23,28)(H,27,29). The first-order chi connectivity index (χ1) is 14.4. The Hall–Kier alpha value is -3.88. The van der Waals surface area contributed by atoms with Gasteiger partial charge in [-0.1, -0.05) is 0 Å². The van der Waals surface area contributed by atoms with Crippen LogP contribution >= 0.6 is 0 Å². The van der Waals surface area contributed by atoms with Crippen LogP contribution in [-0.4, -0.2) is 33.8 Å². The van der Waals surface area contributed by atoms with Crippen LogP contribution in [0, 0.1) is 12.7 Å². The summed E-state index contributed by atoms with van der Waals surface area (Å²) in [5, 5.41) is 2.73. The lowest BCUT2D eigenvalue weighted by Crippen LogP contribution is -2.25. The number of nitrogens with zero attached hydrogens (tertiary/aromatic N) is 4. The van der Waals surface area contributed by atoms with Crippen molar-refractivity contribution in [3.63, 3.8) is 0 Å². The number of amides is 1. The third-order valence-electron chi connectivity index (χ3n) is 4.76. The number of hydrogen-bond acceptors (Lipinski definition) is 7. The zero-order chi connectivity index (χ0) is 21.3. The van der Waals surface area contributed by atoms with Gasteiger partial charge in [0, 0.05) is 23.9 Å². The average molecular weight is 406 g/mol. The van der Waals surface area contributed by atoms with Gasteiger partial charge in [0.1, 0.15) is 28.9 Å². The van der Waals surface area contributed by atoms with Gasteiger partial charge in [-0.25, -0.2) is 19.3 Å². The van der Waals surface area contributed by atoms with E-state index in [9.17, 15) is 9.18 Å². The highest BCUT2D eigenvalue weighted by Crippen LogP contribution is 2.31. The van der Waals surface area contributed by atoms with Crippen LogP contribution in [0.4, 0.5) is 10.1 Å². The number of amidine groups is 1. The molecule has 0 saturated heterocycles. The van der Waals surface area contributed by atoms with E-state index in [1.54, 1.807) is 31.3 Å². The molecule has 30 heavy (non-hydrogen) atoms. The molecular formula is C21H19FN6O2. The van der Waals surface area contributed by atoms with Crippen molar-refractivity contribution in [2.24, 2.45) is 10.7 Å². The smallest absolute Gasteiger partial charge is 0.274 e. The van der Waals surface area contributed by atoms with Crippen molar-refractivity contribution in [3.8, 4) is 5.75 Å². The van der Waals surface area contributed by atoms with Crippen molar-refractivity contribution in [1.29, 1.82) is 0 Å². The highest BCUT2D eigenvalue weighted by Gasteiger charge is 2.25. The van der Waals surface area contributed by atoms with Crippen molar-refractivity contribution >= 4 is 17.4 Å². The summed E-state index contributed by atoms with van der Waals surface area (Å²) in [7, 11) is 1.52. The molecule has 0 radical (unpaired) electrons. The molecule has 0 bridgehead atoms. The number of pyridine rings is 1. The number of nitrogens with one attached hydrogen (secondary N) is 1. The van der Waals surface area contributed by atoms with E-state index in [0.717, 1.165) is 5.69 Å². The fourth-order valence-electron chi connectivity index (χ4n) is 3.24. The number of anilines is 1. The summed E-state index contributed by atoms with van der Waals surface area (Å²) in [5.41, 5.74) is 8.38. The number of nitrogens with two attached hydrogens (primary N) is 1. The van der Waals surface area contributed by atoms with E-state index in [1.165, 1.54) is 25.4 Å². The molecule has 2 aromatic heterocycles. The first kappa shape index (κ1) is 19.4. The Morgan fingerprint density at radius 1 is 1.23 bits per heavy atom. The van der Waals surface area contributed by atoms with E-state index in [1.807, 2.05) is 0 Å². The Morgan fingerprint density at radius 2 is 2.07 bits per heavy atom. The molecule has 0 spiro atoms. The van der Waals surface area contributed by atoms with E-state index in [-0.39, 0.29) is 11.5 Å². The summed E-state index contributed by atoms with van der Waals surface area (Å²) >= 11 is 0. The van der Waals surface area contributed by atoms with Gasteiger partial charge in [0.2, 0.25) is 0 Å². The predicted octanol–water partition coefficient (Wildman–Crippen LogP) is 2.58. The number of aromatic nitrogens is 3. The Labute approximate surface area is 172 Å². The van der Waals surface area contributed by atoms with E-state index >= 15 is 0 Å². The van der Waals surface area contributed by atoms with Crippen LogP contribution in [0.15, 0.2) is 47.7 Å². The SMILES string of the molecule is COc1ccc(C(=O)Nc2ccc(F)c(C3Cc4nc(C)ncc4C(N)=N3)c2)nc1. The fraction of sp³-hybridized carbons (Fsp3) is 0.190. The minimum atomic E-state index is -0.553. The molecule has 3 N–H and O–H groups in total. The number of methoxy groups -OCH3 is 1. The van der Waals surface area contributed by atoms with Gasteiger partial charge in [0.25, 0.3) is 5.91 Å². The first-order valence-corrected chi connectivity index (χ1v) is 9.21. The first-order valence-electron chi connectivity index (χ1n) is 9.21. The molecule has 3 heterocycles. The van der Waals surface area contributed by atoms with Crippen molar-refractivity contribution in [2.45, 2.75) is 19.4 Å². The molecule has 8 nitrogen and oxygen atoms in total. The second-order valence-electron chi connectivity index (χ2n) is 6.79. The molecule has 1 unspecified atom stereocenters. The summed E-state index contributed by atoms with van der Waals surface area (Å²) in [5.74, 6) is 0.554. The van der Waals surface area contributed by atoms with Crippen LogP contribution in [0.2, 0.25) is 0 Å². The van der Waals surface area contributed by atoms with Crippen molar-refractivity contribution in [3.05, 3.63) is 76.9 Å². The minimum absolute atomic E-state index is 0.211. The third-order valence-corrected chi connectivity index (χ3v) is 4.76. The molecule has 1 amide bonds. The number of fused-ring (bicyclic) bond motifs is 1. The molecule has 4 rings (SSSR count). The Bertz CT molecular complexity index is 1150. The molecule has 1 aliphatic heterocycles. The van der Waals surface area contributed by atoms with Gasteiger partial charge < -0.3 is 15.8 Å². The number of rotatable bonds is 4. The average Bonchev–Trinajstić information content (AvgIpc) is 2.74. The predicted molar refractivity (Wildman–Crippen MR) is 109 cm³/mol. The second kappa shape index (κ2) is 7.86. The highest BCUT2D eigenvalue weighted by molar-refractivity contribution is 6.03. The summed E-state index contributed by atoms with van der Waals surface area (Å²) in [4.78, 5) is 29.5. The maximum Gasteiger partial charge on any atom is 0.274 e. The molecule has 1 aromatic carbocycles. The van der Waals surface area contributed by atoms with Gasteiger partial charge in [-0.15, -0.1) is 0 Å². The maximum absolute atomic E-state index is 14.6. The zero-order valence-electron chi connectivity index (χ0n) is 16.4. The molecule has 152 valence electrons. The molecular weight excluding hydrogens is 387 g/mol. The quantitative estimate of drug-likeness (QED) is 0.688. The van der Waals surface area contributed by atoms with Crippen molar-refractivity contribution < 1.29 is 13.9 Å². The maximum atomic E-state index is 14.6. The van der Waals surface area contributed by atoms with Gasteiger partial charge in [0.15, 0.2) is 0 Å². The lowest BCUT2D eigenvalue weighted by atomic mass is 9.96. The lowest BCUT2D eigenvalue weighted by molar-refractivity contribution is 0.102. The van der Waals surface area contributed by atoms with Crippen LogP contribution < -0.4 is 15.8 Å². The topological polar surface area (TPSA) is 115 Å². The van der Waals surface area contributed by atoms with Gasteiger partial charge in [0.05, 0.1) is 30.6 Å². The fourth-order valence-corrected chi connectivity index (χ4v) is 3.24. The Morgan fingerprint density at radius 3 is 2.80 bits per heavy atom. The number of aryl methyl sites for hydroxylation is 1. The molecule has 3 aromatic rings. The Balaban J connectivity index is 1.59. The van der Waals surface area contributed by atoms with Crippen LogP contribution in [-0.2, 0) is 6.42 Å². The third kappa shape index (κ3) is 3.82. The highest BCUT2D eigenvalue weighted by atomic mass is 19.1. The van der Waals surface area contributed by atoms with E-state index in [2.05, 4.69) is 25.3 Å². The van der Waals surface area contributed by atoms with E-state index < -0.39 is 17.8 Å². The summed E-state index contributed by atoms with van der Waals surface area (Å²) in [6, 6.07) is 6.96. The van der Waals surface area contributed by atoms with Crippen LogP contribution in [0.5, 0.6) is 5.75 Å². The van der Waals surface area contributed by atoms with Gasteiger partial charge in [-0.05, 0) is 37.3 Å². The monoisotopic (exact) mass is 406 g/mol. The largest absolute Gasteiger partial charge is 0.495 e. The summed E-state index contributed by atoms with van der Waals surface area (Å²) < 4.78 is 19.6. The zero-order valence-corrected chi connectivity index (χ0v) is 16.4. The minimum Gasteiger partial charge on any atom is -0.495 e. The molecule has 1 aliphatic rings. The second-order valence-corrected chi connectivity index (χ2v) is 6.79. The number of halogens is 1. The van der Waals surface area contributed by atoms with Crippen molar-refractivity contribution in [1.82, 2.24) is 15.0 Å². The number of carbonyl (C=O) groups is 1. The normalized spacial score (nSPS) is 15.2. The van der Waals surface area contributed by atoms with Gasteiger partial charge in [-0.3, -0.25) is 9.79 Å². The summed E-state index contributed by atoms with van der Waals surface area (Å²) in [6.07, 6.45) is 3.46. The van der Waals surface area contributed by atoms with Gasteiger partial charge in [-0.2, -0.15) is 0 Å². The number of benzene rings is 1. The molecule has 0 aliphatic carbocycles. The van der Waals surface area contributed by atoms with Crippen molar-refractivity contribution in [2.75, 3.05) is 12.4 Å². The molecule has 1 atom stereocenters. The van der Waals surface area contributed by atoms with Crippen LogP contribution in [0.3, 0.4) is 0 Å². The number of ether oxygens (including phenoxy) is 1. The summed E-state index contributed by atoms with van der Waals surface area (Å²) in [6.45, 7) is 1.78. The number of aliphatic imine (C=N–C) groups is 1. The molecule has 0 fully saturated rings.